The lowest BCUT2D eigenvalue weighted by atomic mass is 9.96. The van der Waals surface area contributed by atoms with Crippen molar-refractivity contribution in [2.45, 2.75) is 105 Å². The second-order valence-corrected chi connectivity index (χ2v) is 19.0. The van der Waals surface area contributed by atoms with E-state index in [4.69, 9.17) is 19.9 Å². The summed E-state index contributed by atoms with van der Waals surface area (Å²) < 4.78 is 0. The molecule has 0 aliphatic heterocycles. The highest BCUT2D eigenvalue weighted by molar-refractivity contribution is 7.28. The van der Waals surface area contributed by atoms with E-state index in [1.807, 2.05) is 58.5 Å². The van der Waals surface area contributed by atoms with Crippen LogP contribution in [-0.4, -0.2) is 19.9 Å². The number of benzene rings is 2. The molecule has 7 heterocycles. The number of hydrogen-bond donors (Lipinski definition) is 0. The van der Waals surface area contributed by atoms with Gasteiger partial charge >= 0.3 is 0 Å². The molecule has 0 atom stereocenters. The zero-order valence-electron chi connectivity index (χ0n) is 34.7. The summed E-state index contributed by atoms with van der Waals surface area (Å²) >= 11 is 5.92. The van der Waals surface area contributed by atoms with Crippen LogP contribution in [0.25, 0.3) is 84.3 Å². The van der Waals surface area contributed by atoms with E-state index >= 15 is 0 Å². The molecule has 0 aliphatic rings. The Kier molecular flexibility index (Phi) is 12.0. The lowest BCUT2D eigenvalue weighted by molar-refractivity contribution is 0.763. The van der Waals surface area contributed by atoms with Gasteiger partial charge in [0.25, 0.3) is 0 Å². The summed E-state index contributed by atoms with van der Waals surface area (Å²) in [5.74, 6) is 0. The summed E-state index contributed by atoms with van der Waals surface area (Å²) in [6.45, 7) is 9.25. The molecule has 2 aromatic carbocycles. The molecule has 0 saturated heterocycles. The molecule has 9 aromatic rings. The molecule has 0 bridgehead atoms. The fraction of sp³-hybridized carbons (Fsp3) is 0.308. The molecule has 0 radical (unpaired) electrons. The van der Waals surface area contributed by atoms with Gasteiger partial charge in [-0.05, 0) is 110 Å². The van der Waals surface area contributed by atoms with Gasteiger partial charge < -0.3 is 0 Å². The van der Waals surface area contributed by atoms with Crippen molar-refractivity contribution in [2.75, 3.05) is 0 Å². The minimum absolute atomic E-state index is 0.976. The number of unbranched alkanes of at least 4 members (excludes halogenated alkanes) is 4. The van der Waals surface area contributed by atoms with Crippen LogP contribution < -0.4 is 0 Å². The van der Waals surface area contributed by atoms with E-state index in [0.717, 1.165) is 80.7 Å². The van der Waals surface area contributed by atoms with Crippen molar-refractivity contribution in [1.29, 1.82) is 0 Å². The summed E-state index contributed by atoms with van der Waals surface area (Å²) in [7, 11) is 0. The monoisotopic (exact) mass is 828 g/mol. The summed E-state index contributed by atoms with van der Waals surface area (Å²) in [5.41, 5.74) is 12.2. The highest BCUT2D eigenvalue weighted by atomic mass is 32.1. The molecule has 7 heteroatoms. The van der Waals surface area contributed by atoms with Crippen molar-refractivity contribution in [1.82, 2.24) is 19.9 Å². The van der Waals surface area contributed by atoms with Gasteiger partial charge in [-0.1, -0.05) is 102 Å². The van der Waals surface area contributed by atoms with Crippen LogP contribution in [0.4, 0.5) is 0 Å². The molecular weight excluding hydrogens is 777 g/mol. The molecule has 4 nitrogen and oxygen atoms in total. The Labute approximate surface area is 360 Å². The molecule has 9 rings (SSSR count). The molecule has 0 unspecified atom stereocenters. The molecular formula is C52H52N4S3. The number of pyridine rings is 4. The van der Waals surface area contributed by atoms with Crippen molar-refractivity contribution in [2.24, 2.45) is 0 Å². The van der Waals surface area contributed by atoms with Crippen LogP contribution in [0.15, 0.2) is 97.3 Å². The van der Waals surface area contributed by atoms with Crippen LogP contribution in [0.3, 0.4) is 0 Å². The Morgan fingerprint density at radius 1 is 0.373 bits per heavy atom. The van der Waals surface area contributed by atoms with E-state index in [9.17, 15) is 0 Å². The second-order valence-electron chi connectivity index (χ2n) is 15.8. The fourth-order valence-corrected chi connectivity index (χ4v) is 12.6. The standard InChI is InChI=1S/C52H52N4S3/c1-5-9-17-37-39(19-11-7-3)51(58-49(37)41-27-25-35-23-21-33-15-13-31-53-45(33)47(35)55-41)43-29-30-44(57-43)52-40(20-12-8-4)38(18-10-6-2)50(59-52)42-28-26-36-24-22-34-16-14-32-54-46(34)48(36)56-42/h13-16,21-32H,5-12,17-20H2,1-4H3. The lowest BCUT2D eigenvalue weighted by Gasteiger charge is -2.10. The highest BCUT2D eigenvalue weighted by Crippen LogP contribution is 2.50. The average Bonchev–Trinajstić information content (AvgIpc) is 4.01. The molecule has 0 aliphatic carbocycles. The van der Waals surface area contributed by atoms with Gasteiger partial charge in [0, 0.05) is 53.4 Å². The maximum absolute atomic E-state index is 5.41. The third-order valence-corrected chi connectivity index (χ3v) is 15.8. The van der Waals surface area contributed by atoms with E-state index in [2.05, 4.69) is 100 Å². The van der Waals surface area contributed by atoms with Crippen molar-refractivity contribution in [3.05, 3.63) is 120 Å². The first kappa shape index (κ1) is 39.6. The van der Waals surface area contributed by atoms with E-state index in [1.54, 1.807) is 0 Å². The summed E-state index contributed by atoms with van der Waals surface area (Å²) in [4.78, 5) is 28.7. The number of fused-ring (bicyclic) bond motifs is 6. The van der Waals surface area contributed by atoms with E-state index < -0.39 is 0 Å². The average molecular weight is 829 g/mol. The first-order valence-electron chi connectivity index (χ1n) is 21.8. The van der Waals surface area contributed by atoms with Gasteiger partial charge in [0.2, 0.25) is 0 Å². The Balaban J connectivity index is 1.19. The molecule has 0 N–H and O–H groups in total. The predicted octanol–water partition coefficient (Wildman–Crippen LogP) is 16.1. The Morgan fingerprint density at radius 2 is 0.729 bits per heavy atom. The van der Waals surface area contributed by atoms with Gasteiger partial charge in [-0.2, -0.15) is 0 Å². The topological polar surface area (TPSA) is 51.6 Å². The number of nitrogens with zero attached hydrogens (tertiary/aromatic N) is 4. The number of thiophene rings is 3. The van der Waals surface area contributed by atoms with Gasteiger partial charge in [0.05, 0.1) is 43.2 Å². The largest absolute Gasteiger partial charge is 0.254 e. The van der Waals surface area contributed by atoms with Crippen LogP contribution in [0.1, 0.15) is 101 Å². The molecule has 0 amide bonds. The smallest absolute Gasteiger partial charge is 0.0972 e. The normalized spacial score (nSPS) is 11.9. The van der Waals surface area contributed by atoms with Crippen molar-refractivity contribution in [3.8, 4) is 40.7 Å². The molecule has 298 valence electrons. The maximum atomic E-state index is 5.41. The van der Waals surface area contributed by atoms with Gasteiger partial charge in [-0.25, -0.2) is 9.97 Å². The summed E-state index contributed by atoms with van der Waals surface area (Å²) in [6.07, 6.45) is 17.5. The number of hydrogen-bond acceptors (Lipinski definition) is 7. The quantitative estimate of drug-likeness (QED) is 0.0911. The lowest BCUT2D eigenvalue weighted by Crippen LogP contribution is -1.96. The Hall–Kier alpha value is -4.82. The number of aromatic nitrogens is 4. The van der Waals surface area contributed by atoms with Crippen LogP contribution in [0, 0.1) is 0 Å². The zero-order chi connectivity index (χ0) is 40.3. The zero-order valence-corrected chi connectivity index (χ0v) is 37.2. The van der Waals surface area contributed by atoms with Gasteiger partial charge in [-0.15, -0.1) is 34.0 Å². The molecule has 0 saturated carbocycles. The minimum Gasteiger partial charge on any atom is -0.254 e. The second kappa shape index (κ2) is 17.8. The first-order valence-corrected chi connectivity index (χ1v) is 24.2. The van der Waals surface area contributed by atoms with E-state index in [1.165, 1.54) is 103 Å². The third-order valence-electron chi connectivity index (χ3n) is 11.7. The molecule has 0 fully saturated rings. The maximum Gasteiger partial charge on any atom is 0.0972 e. The van der Waals surface area contributed by atoms with Gasteiger partial charge in [-0.3, -0.25) is 9.97 Å². The van der Waals surface area contributed by atoms with Crippen molar-refractivity contribution in [3.63, 3.8) is 0 Å². The van der Waals surface area contributed by atoms with Crippen molar-refractivity contribution >= 4 is 77.6 Å². The fourth-order valence-electron chi connectivity index (χ4n) is 8.56. The van der Waals surface area contributed by atoms with Crippen LogP contribution in [-0.2, 0) is 25.7 Å². The van der Waals surface area contributed by atoms with Crippen LogP contribution >= 0.6 is 34.0 Å². The summed E-state index contributed by atoms with van der Waals surface area (Å²) in [6, 6.07) is 30.8. The molecule has 0 spiro atoms. The number of rotatable bonds is 16. The molecule has 7 aromatic heterocycles. The summed E-state index contributed by atoms with van der Waals surface area (Å²) in [5, 5.41) is 4.54. The Bertz CT molecular complexity index is 2720. The van der Waals surface area contributed by atoms with E-state index in [0.29, 0.717) is 0 Å². The Morgan fingerprint density at radius 3 is 1.12 bits per heavy atom. The van der Waals surface area contributed by atoms with Crippen molar-refractivity contribution < 1.29 is 0 Å². The minimum atomic E-state index is 0.976. The molecule has 59 heavy (non-hydrogen) atoms. The third kappa shape index (κ3) is 7.74. The van der Waals surface area contributed by atoms with Gasteiger partial charge in [0.1, 0.15) is 0 Å². The van der Waals surface area contributed by atoms with Gasteiger partial charge in [0.15, 0.2) is 0 Å². The predicted molar refractivity (Wildman–Crippen MR) is 257 cm³/mol. The highest BCUT2D eigenvalue weighted by Gasteiger charge is 2.25. The van der Waals surface area contributed by atoms with Crippen LogP contribution in [0.2, 0.25) is 0 Å². The first-order chi connectivity index (χ1) is 29.1. The SMILES string of the molecule is CCCCc1c(-c2ccc3ccc4cccnc4c3n2)sc(-c2ccc(-c3sc(-c4ccc5ccc6cccnc6c5n4)c(CCCC)c3CCCC)s2)c1CCCC. The van der Waals surface area contributed by atoms with E-state index in [-0.39, 0.29) is 0 Å². The van der Waals surface area contributed by atoms with Crippen LogP contribution in [0.5, 0.6) is 0 Å².